The Morgan fingerprint density at radius 3 is 2.00 bits per heavy atom. The van der Waals surface area contributed by atoms with Crippen LogP contribution >= 0.6 is 23.0 Å². The van der Waals surface area contributed by atoms with Gasteiger partial charge in [-0.1, -0.05) is 29.8 Å². The second kappa shape index (κ2) is 4.62. The monoisotopic (exact) mass is 191 g/mol. The van der Waals surface area contributed by atoms with Crippen LogP contribution in [0.2, 0.25) is 5.02 Å². The Bertz CT molecular complexity index is 203. The van der Waals surface area contributed by atoms with Crippen molar-refractivity contribution in [1.82, 2.24) is 4.89 Å². The molecule has 1 unspecified atom stereocenters. The molecule has 0 amide bonds. The van der Waals surface area contributed by atoms with Crippen molar-refractivity contribution in [3.8, 4) is 0 Å². The van der Waals surface area contributed by atoms with Gasteiger partial charge in [-0.05, 0) is 23.5 Å². The van der Waals surface area contributed by atoms with E-state index < -0.39 is 0 Å². The van der Waals surface area contributed by atoms with E-state index in [1.54, 1.807) is 0 Å². The summed E-state index contributed by atoms with van der Waals surface area (Å²) in [6.45, 7) is 0. The highest BCUT2D eigenvalue weighted by Crippen LogP contribution is 2.28. The average Bonchev–Trinajstić information content (AvgIpc) is 2.75. The molecule has 0 spiro atoms. The Hall–Kier alpha value is -0.220. The topological polar surface area (TPSA) is 34.5 Å². The van der Waals surface area contributed by atoms with E-state index in [-0.39, 0.29) is 11.4 Å². The molecule has 2 nitrogen and oxygen atoms in total. The zero-order chi connectivity index (χ0) is 8.10. The van der Waals surface area contributed by atoms with Crippen LogP contribution in [0.4, 0.5) is 0 Å². The predicted octanol–water partition coefficient (Wildman–Crippen LogP) is 2.32. The third-order valence-corrected chi connectivity index (χ3v) is 1.81. The van der Waals surface area contributed by atoms with E-state index >= 15 is 0 Å². The molecule has 0 radical (unpaired) electrons. The summed E-state index contributed by atoms with van der Waals surface area (Å²) < 4.78 is 4.52. The SMILES string of the molecule is C[SH]1NO1.Clc1ccccc1. The van der Waals surface area contributed by atoms with Crippen LogP contribution in [0, 0.1) is 0 Å². The molecule has 1 heterocycles. The molecule has 0 aliphatic carbocycles. The maximum Gasteiger partial charge on any atom is 0.0405 e. The van der Waals surface area contributed by atoms with Crippen molar-refractivity contribution >= 4 is 23.0 Å². The minimum Gasteiger partial charge on any atom is -0.230 e. The Kier molecular flexibility index (Phi) is 3.72. The van der Waals surface area contributed by atoms with E-state index in [4.69, 9.17) is 11.6 Å². The van der Waals surface area contributed by atoms with Gasteiger partial charge in [0.2, 0.25) is 0 Å². The summed E-state index contributed by atoms with van der Waals surface area (Å²) in [6.07, 6.45) is 2.01. The zero-order valence-electron chi connectivity index (χ0n) is 6.12. The standard InChI is InChI=1S/C6H5Cl.CH5NOS/c7-6-4-2-1-3-5-6;1-4-2-3-4/h1-5H;2,4H,1H3. The second-order valence-corrected chi connectivity index (χ2v) is 3.77. The molecule has 1 atom stereocenters. The molecule has 1 aromatic carbocycles. The fourth-order valence-electron chi connectivity index (χ4n) is 0.455. The van der Waals surface area contributed by atoms with Crippen molar-refractivity contribution < 1.29 is 4.28 Å². The fraction of sp³-hybridized carbons (Fsp3) is 0.143. The molecule has 1 aliphatic rings. The summed E-state index contributed by atoms with van der Waals surface area (Å²) >= 11 is 5.42. The first kappa shape index (κ1) is 8.87. The quantitative estimate of drug-likeness (QED) is 0.488. The van der Waals surface area contributed by atoms with Crippen LogP contribution in [-0.4, -0.2) is 6.26 Å². The van der Waals surface area contributed by atoms with Gasteiger partial charge in [0.05, 0.1) is 0 Å². The average molecular weight is 192 g/mol. The summed E-state index contributed by atoms with van der Waals surface area (Å²) in [5.41, 5.74) is 0. The van der Waals surface area contributed by atoms with Crippen molar-refractivity contribution in [2.45, 2.75) is 0 Å². The second-order valence-electron chi connectivity index (χ2n) is 1.98. The van der Waals surface area contributed by atoms with Crippen LogP contribution in [0.5, 0.6) is 0 Å². The highest BCUT2D eigenvalue weighted by Gasteiger charge is 2.06. The summed E-state index contributed by atoms with van der Waals surface area (Å²) in [4.78, 5) is 2.66. The molecule has 0 bridgehead atoms. The molecule has 1 fully saturated rings. The van der Waals surface area contributed by atoms with Gasteiger partial charge in [-0.3, -0.25) is 0 Å². The van der Waals surface area contributed by atoms with Crippen molar-refractivity contribution in [1.29, 1.82) is 0 Å². The first-order chi connectivity index (χ1) is 5.29. The minimum atomic E-state index is -0.120. The maximum absolute atomic E-state index is 5.54. The van der Waals surface area contributed by atoms with Crippen LogP contribution in [0.25, 0.3) is 0 Å². The highest BCUT2D eigenvalue weighted by atomic mass is 35.5. The molecule has 1 aromatic rings. The molecule has 0 aromatic heterocycles. The number of thiol groups is 1. The number of hydrogen-bond donors (Lipinski definition) is 2. The largest absolute Gasteiger partial charge is 0.230 e. The van der Waals surface area contributed by atoms with Gasteiger partial charge < -0.3 is 0 Å². The molecule has 4 heteroatoms. The van der Waals surface area contributed by atoms with E-state index in [2.05, 4.69) is 9.17 Å². The summed E-state index contributed by atoms with van der Waals surface area (Å²) in [7, 11) is 0. The zero-order valence-corrected chi connectivity index (χ0v) is 7.77. The lowest BCUT2D eigenvalue weighted by Gasteiger charge is -1.80. The number of benzene rings is 1. The minimum absolute atomic E-state index is 0.120. The lowest BCUT2D eigenvalue weighted by Crippen LogP contribution is -1.55. The first-order valence-electron chi connectivity index (χ1n) is 3.16. The molecule has 62 valence electrons. The molecular weight excluding hydrogens is 182 g/mol. The van der Waals surface area contributed by atoms with Gasteiger partial charge in [0.25, 0.3) is 0 Å². The fourth-order valence-corrected chi connectivity index (χ4v) is 0.928. The van der Waals surface area contributed by atoms with Crippen LogP contribution in [0.3, 0.4) is 0 Å². The first-order valence-corrected chi connectivity index (χ1v) is 5.24. The van der Waals surface area contributed by atoms with Crippen molar-refractivity contribution in [2.24, 2.45) is 0 Å². The molecule has 0 saturated carbocycles. The number of halogens is 1. The van der Waals surface area contributed by atoms with Gasteiger partial charge in [-0.15, -0.1) is 4.89 Å². The molecule has 1 N–H and O–H groups in total. The summed E-state index contributed by atoms with van der Waals surface area (Å²) in [5.74, 6) is 0. The maximum atomic E-state index is 5.54. The van der Waals surface area contributed by atoms with Gasteiger partial charge in [0.15, 0.2) is 0 Å². The van der Waals surface area contributed by atoms with Gasteiger partial charge >= 0.3 is 0 Å². The highest BCUT2D eigenvalue weighted by molar-refractivity contribution is 8.14. The van der Waals surface area contributed by atoms with Gasteiger partial charge in [-0.25, -0.2) is 4.28 Å². The lowest BCUT2D eigenvalue weighted by molar-refractivity contribution is 0.470. The van der Waals surface area contributed by atoms with Gasteiger partial charge in [-0.2, -0.15) is 0 Å². The molecule has 1 saturated heterocycles. The number of hydrogen-bond acceptors (Lipinski definition) is 2. The van der Waals surface area contributed by atoms with Crippen molar-refractivity contribution in [2.75, 3.05) is 6.26 Å². The summed E-state index contributed by atoms with van der Waals surface area (Å²) in [5, 5.41) is 0.794. The van der Waals surface area contributed by atoms with E-state index in [0.717, 1.165) is 5.02 Å². The van der Waals surface area contributed by atoms with Gasteiger partial charge in [0.1, 0.15) is 0 Å². The van der Waals surface area contributed by atoms with Crippen LogP contribution in [-0.2, 0) is 4.28 Å². The Morgan fingerprint density at radius 2 is 1.82 bits per heavy atom. The Morgan fingerprint density at radius 1 is 1.36 bits per heavy atom. The normalized spacial score (nSPS) is 23.3. The van der Waals surface area contributed by atoms with Crippen LogP contribution < -0.4 is 4.89 Å². The lowest BCUT2D eigenvalue weighted by atomic mass is 10.4. The molecule has 2 rings (SSSR count). The Labute approximate surface area is 74.2 Å². The van der Waals surface area contributed by atoms with E-state index in [9.17, 15) is 0 Å². The van der Waals surface area contributed by atoms with E-state index in [0.29, 0.717) is 0 Å². The van der Waals surface area contributed by atoms with E-state index in [1.165, 1.54) is 0 Å². The molecule has 1 aliphatic heterocycles. The van der Waals surface area contributed by atoms with Crippen LogP contribution in [0.15, 0.2) is 30.3 Å². The Balaban J connectivity index is 0.000000128. The smallest absolute Gasteiger partial charge is 0.0405 e. The third-order valence-electron chi connectivity index (χ3n) is 1.01. The van der Waals surface area contributed by atoms with Crippen LogP contribution in [0.1, 0.15) is 0 Å². The van der Waals surface area contributed by atoms with E-state index in [1.807, 2.05) is 36.6 Å². The molecular formula is C7H10ClNOS. The number of nitrogens with one attached hydrogen (secondary N) is 1. The van der Waals surface area contributed by atoms with Crippen molar-refractivity contribution in [3.63, 3.8) is 0 Å². The third kappa shape index (κ3) is 5.09. The number of rotatable bonds is 0. The predicted molar refractivity (Wildman–Crippen MR) is 50.6 cm³/mol. The summed E-state index contributed by atoms with van der Waals surface area (Å²) in [6, 6.07) is 9.44. The van der Waals surface area contributed by atoms with Gasteiger partial charge in [0, 0.05) is 11.3 Å². The van der Waals surface area contributed by atoms with Crippen molar-refractivity contribution in [3.05, 3.63) is 35.4 Å². The molecule has 11 heavy (non-hydrogen) atoms.